The van der Waals surface area contributed by atoms with Crippen molar-refractivity contribution >= 4 is 17.1 Å². The van der Waals surface area contributed by atoms with Crippen molar-refractivity contribution in [3.8, 4) is 0 Å². The average molecular weight is 386 g/mol. The molecule has 0 aliphatic heterocycles. The SMILES string of the molecule is O=C(O)CCc1nc2c(=O)[nH]c(=O)[nH]c2n(C[C@@H](O)[C@@H](O)[C@@H](O)CO)c1=O. The third-order valence-corrected chi connectivity index (χ3v) is 3.83. The molecule has 0 aliphatic carbocycles. The van der Waals surface area contributed by atoms with Gasteiger partial charge >= 0.3 is 11.7 Å². The first kappa shape index (κ1) is 20.4. The molecule has 0 unspecified atom stereocenters. The summed E-state index contributed by atoms with van der Waals surface area (Å²) in [4.78, 5) is 54.7. The number of aryl methyl sites for hydroxylation is 1. The lowest BCUT2D eigenvalue weighted by atomic mass is 10.1. The standard InChI is InChI=1S/C14H18N4O9/c19-4-7(21)10(24)6(20)3-18-11-9(12(25)17-14(27)16-11)15-5(13(18)26)1-2-8(22)23/h6-7,10,19-21,24H,1-4H2,(H,22,23)(H2,16,17,25,27)/t6-,7+,10-/m1/s1. The molecular weight excluding hydrogens is 368 g/mol. The number of rotatable bonds is 8. The first-order valence-electron chi connectivity index (χ1n) is 7.78. The van der Waals surface area contributed by atoms with Gasteiger partial charge in [-0.3, -0.25) is 28.9 Å². The molecule has 0 radical (unpaired) electrons. The predicted molar refractivity (Wildman–Crippen MR) is 88.3 cm³/mol. The number of carboxylic acid groups (broad SMARTS) is 1. The van der Waals surface area contributed by atoms with E-state index in [1.54, 1.807) is 0 Å². The Morgan fingerprint density at radius 1 is 1.11 bits per heavy atom. The van der Waals surface area contributed by atoms with Gasteiger partial charge < -0.3 is 25.5 Å². The highest BCUT2D eigenvalue weighted by Gasteiger charge is 2.26. The summed E-state index contributed by atoms with van der Waals surface area (Å²) in [7, 11) is 0. The molecule has 13 nitrogen and oxygen atoms in total. The van der Waals surface area contributed by atoms with Gasteiger partial charge in [-0.1, -0.05) is 0 Å². The molecule has 7 N–H and O–H groups in total. The van der Waals surface area contributed by atoms with Crippen LogP contribution in [0.25, 0.3) is 11.2 Å². The highest BCUT2D eigenvalue weighted by molar-refractivity contribution is 5.69. The van der Waals surface area contributed by atoms with Crippen LogP contribution in [0, 0.1) is 0 Å². The maximum atomic E-state index is 12.6. The van der Waals surface area contributed by atoms with Crippen LogP contribution in [-0.4, -0.2) is 75.9 Å². The molecule has 2 heterocycles. The number of carbonyl (C=O) groups is 1. The van der Waals surface area contributed by atoms with Crippen molar-refractivity contribution < 1.29 is 30.3 Å². The summed E-state index contributed by atoms with van der Waals surface area (Å²) < 4.78 is 0.744. The fraction of sp³-hybridized carbons (Fsp3) is 0.500. The lowest BCUT2D eigenvalue weighted by Crippen LogP contribution is -2.44. The summed E-state index contributed by atoms with van der Waals surface area (Å²) in [5, 5.41) is 46.8. The number of aromatic nitrogens is 4. The molecule has 0 fully saturated rings. The topological polar surface area (TPSA) is 219 Å². The van der Waals surface area contributed by atoms with Gasteiger partial charge in [0.2, 0.25) is 0 Å². The van der Waals surface area contributed by atoms with E-state index in [2.05, 4.69) is 9.97 Å². The Morgan fingerprint density at radius 3 is 2.37 bits per heavy atom. The zero-order valence-corrected chi connectivity index (χ0v) is 13.8. The minimum Gasteiger partial charge on any atom is -0.481 e. The van der Waals surface area contributed by atoms with E-state index in [1.807, 2.05) is 4.98 Å². The molecule has 0 saturated carbocycles. The van der Waals surface area contributed by atoms with Crippen LogP contribution in [0.15, 0.2) is 14.4 Å². The third-order valence-electron chi connectivity index (χ3n) is 3.83. The molecule has 2 aromatic rings. The molecule has 0 bridgehead atoms. The minimum atomic E-state index is -1.83. The van der Waals surface area contributed by atoms with Crippen LogP contribution in [0.3, 0.4) is 0 Å². The average Bonchev–Trinajstić information content (AvgIpc) is 2.61. The molecule has 148 valence electrons. The molecule has 3 atom stereocenters. The normalized spacial score (nSPS) is 14.8. The second-order valence-corrected chi connectivity index (χ2v) is 5.78. The Hall–Kier alpha value is -2.87. The van der Waals surface area contributed by atoms with E-state index in [0.717, 1.165) is 4.57 Å². The van der Waals surface area contributed by atoms with Crippen LogP contribution >= 0.6 is 0 Å². The lowest BCUT2D eigenvalue weighted by Gasteiger charge is -2.22. The zero-order valence-electron chi connectivity index (χ0n) is 13.8. The van der Waals surface area contributed by atoms with Gasteiger partial charge in [-0.25, -0.2) is 9.78 Å². The molecule has 2 aromatic heterocycles. The quantitative estimate of drug-likeness (QED) is 0.232. The number of hydrogen-bond donors (Lipinski definition) is 7. The monoisotopic (exact) mass is 386 g/mol. The van der Waals surface area contributed by atoms with Gasteiger partial charge in [0.1, 0.15) is 29.7 Å². The number of hydrogen-bond acceptors (Lipinski definition) is 9. The number of aliphatic hydroxyl groups excluding tert-OH is 4. The van der Waals surface area contributed by atoms with Crippen molar-refractivity contribution in [3.05, 3.63) is 36.9 Å². The molecule has 0 aliphatic rings. The van der Waals surface area contributed by atoms with Crippen molar-refractivity contribution in [2.24, 2.45) is 0 Å². The number of carboxylic acids is 1. The van der Waals surface area contributed by atoms with Crippen LogP contribution in [-0.2, 0) is 17.8 Å². The zero-order chi connectivity index (χ0) is 20.3. The van der Waals surface area contributed by atoms with E-state index in [-0.39, 0.29) is 23.3 Å². The van der Waals surface area contributed by atoms with E-state index in [4.69, 9.17) is 10.2 Å². The Kier molecular flexibility index (Phi) is 6.22. The molecule has 0 spiro atoms. The highest BCUT2D eigenvalue weighted by Crippen LogP contribution is 2.07. The van der Waals surface area contributed by atoms with Gasteiger partial charge in [0, 0.05) is 6.42 Å². The van der Waals surface area contributed by atoms with Gasteiger partial charge in [0.05, 0.1) is 19.6 Å². The van der Waals surface area contributed by atoms with Gasteiger partial charge in [-0.15, -0.1) is 0 Å². The van der Waals surface area contributed by atoms with E-state index < -0.39 is 60.7 Å². The second kappa shape index (κ2) is 8.22. The molecule has 2 rings (SSSR count). The van der Waals surface area contributed by atoms with Crippen LogP contribution in [0.2, 0.25) is 0 Å². The Morgan fingerprint density at radius 2 is 1.78 bits per heavy atom. The number of aliphatic hydroxyl groups is 4. The number of aromatic amines is 2. The summed E-state index contributed by atoms with van der Waals surface area (Å²) in [6.07, 6.45) is -6.06. The van der Waals surface area contributed by atoms with Crippen LogP contribution < -0.4 is 16.8 Å². The van der Waals surface area contributed by atoms with Crippen LogP contribution in [0.4, 0.5) is 0 Å². The number of H-pyrrole nitrogens is 2. The summed E-state index contributed by atoms with van der Waals surface area (Å²) >= 11 is 0. The Labute approximate surface area is 149 Å². The van der Waals surface area contributed by atoms with E-state index in [9.17, 15) is 34.5 Å². The number of aliphatic carboxylic acids is 1. The minimum absolute atomic E-state index is 0.299. The molecule has 0 amide bonds. The maximum Gasteiger partial charge on any atom is 0.327 e. The summed E-state index contributed by atoms with van der Waals surface area (Å²) in [6.45, 7) is -1.53. The Balaban J connectivity index is 2.62. The highest BCUT2D eigenvalue weighted by atomic mass is 16.4. The molecule has 27 heavy (non-hydrogen) atoms. The van der Waals surface area contributed by atoms with Gasteiger partial charge in [-0.2, -0.15) is 0 Å². The van der Waals surface area contributed by atoms with Gasteiger partial charge in [0.15, 0.2) is 5.52 Å². The summed E-state index contributed by atoms with van der Waals surface area (Å²) in [5.41, 5.74) is -3.81. The predicted octanol–water partition coefficient (Wildman–Crippen LogP) is -4.13. The fourth-order valence-corrected chi connectivity index (χ4v) is 2.43. The molecular formula is C14H18N4O9. The van der Waals surface area contributed by atoms with Crippen molar-refractivity contribution in [1.82, 2.24) is 19.5 Å². The van der Waals surface area contributed by atoms with E-state index in [1.165, 1.54) is 0 Å². The summed E-state index contributed by atoms with van der Waals surface area (Å²) in [5.74, 6) is -1.21. The fourth-order valence-electron chi connectivity index (χ4n) is 2.43. The van der Waals surface area contributed by atoms with E-state index in [0.29, 0.717) is 0 Å². The van der Waals surface area contributed by atoms with Crippen molar-refractivity contribution in [2.45, 2.75) is 37.7 Å². The van der Waals surface area contributed by atoms with Crippen molar-refractivity contribution in [3.63, 3.8) is 0 Å². The van der Waals surface area contributed by atoms with Crippen molar-refractivity contribution in [2.75, 3.05) is 6.61 Å². The first-order valence-corrected chi connectivity index (χ1v) is 7.78. The Bertz CT molecular complexity index is 1010. The number of fused-ring (bicyclic) bond motifs is 1. The van der Waals surface area contributed by atoms with Gasteiger partial charge in [0.25, 0.3) is 11.1 Å². The van der Waals surface area contributed by atoms with Crippen LogP contribution in [0.5, 0.6) is 0 Å². The summed E-state index contributed by atoms with van der Waals surface area (Å²) in [6, 6.07) is 0. The number of nitrogens with one attached hydrogen (secondary N) is 2. The first-order chi connectivity index (χ1) is 12.6. The third kappa shape index (κ3) is 4.46. The van der Waals surface area contributed by atoms with Gasteiger partial charge in [-0.05, 0) is 0 Å². The second-order valence-electron chi connectivity index (χ2n) is 5.78. The lowest BCUT2D eigenvalue weighted by molar-refractivity contribution is -0.136. The van der Waals surface area contributed by atoms with Crippen LogP contribution in [0.1, 0.15) is 12.1 Å². The largest absolute Gasteiger partial charge is 0.481 e. The van der Waals surface area contributed by atoms with Crippen molar-refractivity contribution in [1.29, 1.82) is 0 Å². The maximum absolute atomic E-state index is 12.6. The molecule has 0 aromatic carbocycles. The molecule has 0 saturated heterocycles. The smallest absolute Gasteiger partial charge is 0.327 e. The number of nitrogens with zero attached hydrogens (tertiary/aromatic N) is 2. The van der Waals surface area contributed by atoms with E-state index >= 15 is 0 Å². The molecule has 13 heteroatoms.